The number of hydrogen-bond acceptors (Lipinski definition) is 2. The number of allylic oxidation sites excluding steroid dienone is 1. The van der Waals surface area contributed by atoms with Crippen molar-refractivity contribution in [2.75, 3.05) is 0 Å². The molecule has 0 heterocycles. The van der Waals surface area contributed by atoms with Crippen molar-refractivity contribution in [3.8, 4) is 0 Å². The SMILES string of the molecule is CC(CCC(=O)O)=C(C(=O)O)c1ccccc1. The highest BCUT2D eigenvalue weighted by Crippen LogP contribution is 2.21. The summed E-state index contributed by atoms with van der Waals surface area (Å²) in [7, 11) is 0. The molecule has 0 aromatic heterocycles. The molecular formula is C13H14O4. The summed E-state index contributed by atoms with van der Waals surface area (Å²) in [6, 6.07) is 8.71. The Morgan fingerprint density at radius 3 is 2.12 bits per heavy atom. The lowest BCUT2D eigenvalue weighted by atomic mass is 9.98. The fourth-order valence-corrected chi connectivity index (χ4v) is 1.58. The Morgan fingerprint density at radius 2 is 1.65 bits per heavy atom. The predicted molar refractivity (Wildman–Crippen MR) is 63.5 cm³/mol. The molecule has 1 aromatic carbocycles. The lowest BCUT2D eigenvalue weighted by Gasteiger charge is -2.07. The van der Waals surface area contributed by atoms with Crippen LogP contribution >= 0.6 is 0 Å². The fourth-order valence-electron chi connectivity index (χ4n) is 1.58. The van der Waals surface area contributed by atoms with Crippen LogP contribution in [-0.2, 0) is 9.59 Å². The van der Waals surface area contributed by atoms with Crippen molar-refractivity contribution < 1.29 is 19.8 Å². The van der Waals surface area contributed by atoms with Crippen molar-refractivity contribution in [3.05, 3.63) is 41.5 Å². The molecule has 0 aliphatic rings. The van der Waals surface area contributed by atoms with E-state index in [1.807, 2.05) is 0 Å². The van der Waals surface area contributed by atoms with Crippen LogP contribution in [0.25, 0.3) is 5.57 Å². The molecule has 2 N–H and O–H groups in total. The molecule has 1 rings (SSSR count). The highest BCUT2D eigenvalue weighted by molar-refractivity contribution is 6.16. The molecule has 1 aromatic rings. The van der Waals surface area contributed by atoms with Gasteiger partial charge in [-0.2, -0.15) is 0 Å². The van der Waals surface area contributed by atoms with Crippen molar-refractivity contribution >= 4 is 17.5 Å². The molecule has 90 valence electrons. The molecule has 0 atom stereocenters. The summed E-state index contributed by atoms with van der Waals surface area (Å²) >= 11 is 0. The second kappa shape index (κ2) is 5.84. The first kappa shape index (κ1) is 13.0. The van der Waals surface area contributed by atoms with Gasteiger partial charge in [-0.25, -0.2) is 4.79 Å². The third kappa shape index (κ3) is 3.75. The first-order valence-electron chi connectivity index (χ1n) is 5.22. The van der Waals surface area contributed by atoms with Gasteiger partial charge in [-0.15, -0.1) is 0 Å². The molecule has 0 saturated carbocycles. The molecule has 0 aliphatic carbocycles. The molecule has 17 heavy (non-hydrogen) atoms. The molecule has 4 nitrogen and oxygen atoms in total. The van der Waals surface area contributed by atoms with Gasteiger partial charge < -0.3 is 10.2 Å². The Bertz CT molecular complexity index is 446. The molecule has 0 bridgehead atoms. The van der Waals surface area contributed by atoms with Gasteiger partial charge in [0.1, 0.15) is 0 Å². The molecule has 4 heteroatoms. The molecule has 0 amide bonds. The van der Waals surface area contributed by atoms with E-state index < -0.39 is 11.9 Å². The third-order valence-electron chi connectivity index (χ3n) is 2.42. The molecule has 0 fully saturated rings. The van der Waals surface area contributed by atoms with E-state index in [1.165, 1.54) is 0 Å². The predicted octanol–water partition coefficient (Wildman–Crippen LogP) is 2.41. The van der Waals surface area contributed by atoms with Crippen LogP contribution < -0.4 is 0 Å². The van der Waals surface area contributed by atoms with Gasteiger partial charge in [-0.05, 0) is 18.9 Å². The summed E-state index contributed by atoms with van der Waals surface area (Å²) in [6.45, 7) is 1.65. The highest BCUT2D eigenvalue weighted by atomic mass is 16.4. The van der Waals surface area contributed by atoms with Crippen molar-refractivity contribution in [1.29, 1.82) is 0 Å². The van der Waals surface area contributed by atoms with Gasteiger partial charge in [0.25, 0.3) is 0 Å². The van der Waals surface area contributed by atoms with Gasteiger partial charge in [-0.1, -0.05) is 35.9 Å². The van der Waals surface area contributed by atoms with Crippen molar-refractivity contribution in [1.82, 2.24) is 0 Å². The third-order valence-corrected chi connectivity index (χ3v) is 2.42. The fraction of sp³-hybridized carbons (Fsp3) is 0.231. The van der Waals surface area contributed by atoms with Crippen LogP contribution in [0.4, 0.5) is 0 Å². The van der Waals surface area contributed by atoms with Crippen LogP contribution in [-0.4, -0.2) is 22.2 Å². The van der Waals surface area contributed by atoms with Crippen LogP contribution in [0, 0.1) is 0 Å². The largest absolute Gasteiger partial charge is 0.481 e. The Kier molecular flexibility index (Phi) is 4.46. The Hall–Kier alpha value is -2.10. The van der Waals surface area contributed by atoms with Gasteiger partial charge in [0.05, 0.1) is 5.57 Å². The van der Waals surface area contributed by atoms with Gasteiger partial charge in [-0.3, -0.25) is 4.79 Å². The summed E-state index contributed by atoms with van der Waals surface area (Å²) in [5.74, 6) is -1.96. The molecule has 0 unspecified atom stereocenters. The van der Waals surface area contributed by atoms with Crippen molar-refractivity contribution in [3.63, 3.8) is 0 Å². The van der Waals surface area contributed by atoms with E-state index in [0.717, 1.165) is 0 Å². The van der Waals surface area contributed by atoms with E-state index in [4.69, 9.17) is 10.2 Å². The average Bonchev–Trinajstić information content (AvgIpc) is 2.27. The summed E-state index contributed by atoms with van der Waals surface area (Å²) in [5.41, 5.74) is 1.36. The standard InChI is InChI=1S/C13H14O4/c1-9(7-8-11(14)15)12(13(16)17)10-5-3-2-4-6-10/h2-6H,7-8H2,1H3,(H,14,15)(H,16,17). The average molecular weight is 234 g/mol. The maximum absolute atomic E-state index is 11.2. The molecular weight excluding hydrogens is 220 g/mol. The lowest BCUT2D eigenvalue weighted by molar-refractivity contribution is -0.137. The van der Waals surface area contributed by atoms with E-state index in [0.29, 0.717) is 11.1 Å². The molecule has 0 spiro atoms. The quantitative estimate of drug-likeness (QED) is 0.767. The highest BCUT2D eigenvalue weighted by Gasteiger charge is 2.14. The topological polar surface area (TPSA) is 74.6 Å². The number of carboxylic acids is 2. The summed E-state index contributed by atoms with van der Waals surface area (Å²) in [4.78, 5) is 21.6. The number of rotatable bonds is 5. The van der Waals surface area contributed by atoms with Crippen molar-refractivity contribution in [2.24, 2.45) is 0 Å². The summed E-state index contributed by atoms with van der Waals surface area (Å²) in [6.07, 6.45) is 0.182. The lowest BCUT2D eigenvalue weighted by Crippen LogP contribution is -2.04. The summed E-state index contributed by atoms with van der Waals surface area (Å²) < 4.78 is 0. The zero-order valence-corrected chi connectivity index (χ0v) is 9.51. The number of aliphatic carboxylic acids is 2. The van der Waals surface area contributed by atoms with Crippen molar-refractivity contribution in [2.45, 2.75) is 19.8 Å². The zero-order valence-electron chi connectivity index (χ0n) is 9.51. The molecule has 0 aliphatic heterocycles. The first-order valence-corrected chi connectivity index (χ1v) is 5.22. The van der Waals surface area contributed by atoms with Crippen LogP contribution in [0.2, 0.25) is 0 Å². The van der Waals surface area contributed by atoms with E-state index in [-0.39, 0.29) is 18.4 Å². The van der Waals surface area contributed by atoms with Crippen LogP contribution in [0.15, 0.2) is 35.9 Å². The Labute approximate surface area is 99.2 Å². The maximum Gasteiger partial charge on any atom is 0.336 e. The van der Waals surface area contributed by atoms with E-state index in [1.54, 1.807) is 37.3 Å². The van der Waals surface area contributed by atoms with Gasteiger partial charge in [0, 0.05) is 6.42 Å². The normalized spacial score (nSPS) is 11.8. The first-order chi connectivity index (χ1) is 8.02. The van der Waals surface area contributed by atoms with Crippen LogP contribution in [0.3, 0.4) is 0 Å². The molecule has 0 saturated heterocycles. The Balaban J connectivity index is 3.04. The second-order valence-electron chi connectivity index (χ2n) is 3.72. The van der Waals surface area contributed by atoms with Gasteiger partial charge in [0.2, 0.25) is 0 Å². The van der Waals surface area contributed by atoms with Crippen LogP contribution in [0.1, 0.15) is 25.3 Å². The number of carboxylic acid groups (broad SMARTS) is 2. The Morgan fingerprint density at radius 1 is 1.06 bits per heavy atom. The van der Waals surface area contributed by atoms with Gasteiger partial charge >= 0.3 is 11.9 Å². The smallest absolute Gasteiger partial charge is 0.336 e. The summed E-state index contributed by atoms with van der Waals surface area (Å²) in [5, 5.41) is 17.7. The monoisotopic (exact) mass is 234 g/mol. The minimum Gasteiger partial charge on any atom is -0.481 e. The van der Waals surface area contributed by atoms with Crippen LogP contribution in [0.5, 0.6) is 0 Å². The maximum atomic E-state index is 11.2. The van der Waals surface area contributed by atoms with E-state index in [9.17, 15) is 9.59 Å². The minimum absolute atomic E-state index is 0.0601. The zero-order chi connectivity index (χ0) is 12.8. The minimum atomic E-state index is -1.03. The van der Waals surface area contributed by atoms with E-state index in [2.05, 4.69) is 0 Å². The van der Waals surface area contributed by atoms with E-state index >= 15 is 0 Å². The number of hydrogen-bond donors (Lipinski definition) is 2. The van der Waals surface area contributed by atoms with Gasteiger partial charge in [0.15, 0.2) is 0 Å². The molecule has 0 radical (unpaired) electrons. The second-order valence-corrected chi connectivity index (χ2v) is 3.72. The number of carbonyl (C=O) groups is 2. The number of benzene rings is 1.